The van der Waals surface area contributed by atoms with E-state index in [1.165, 1.54) is 25.7 Å². The lowest BCUT2D eigenvalue weighted by Gasteiger charge is -2.15. The molecule has 2 aromatic rings. The van der Waals surface area contributed by atoms with Gasteiger partial charge in [0.25, 0.3) is 0 Å². The van der Waals surface area contributed by atoms with Crippen LogP contribution < -0.4 is 14.2 Å². The molecule has 0 amide bonds. The van der Waals surface area contributed by atoms with Crippen molar-refractivity contribution in [3.8, 4) is 17.2 Å². The summed E-state index contributed by atoms with van der Waals surface area (Å²) in [6.45, 7) is 5.86. The standard InChI is InChI=1S/C21H30O3/c1-4-6-8-15-23-19-12-10-11-18-17(19)13-14-20(22-3)21(18)24-16-9-7-5-2/h10-14H,4-9,15-16H2,1-3H3. The number of benzene rings is 2. The fourth-order valence-corrected chi connectivity index (χ4v) is 2.78. The lowest BCUT2D eigenvalue weighted by atomic mass is 10.1. The van der Waals surface area contributed by atoms with Crippen molar-refractivity contribution < 1.29 is 14.2 Å². The molecule has 0 heterocycles. The molecule has 3 nitrogen and oxygen atoms in total. The summed E-state index contributed by atoms with van der Waals surface area (Å²) in [5.41, 5.74) is 0. The average molecular weight is 330 g/mol. The van der Waals surface area contributed by atoms with Crippen molar-refractivity contribution in [2.24, 2.45) is 0 Å². The van der Waals surface area contributed by atoms with Crippen LogP contribution in [0.2, 0.25) is 0 Å². The summed E-state index contributed by atoms with van der Waals surface area (Å²) in [6.07, 6.45) is 6.91. The minimum absolute atomic E-state index is 0.713. The van der Waals surface area contributed by atoms with Crippen LogP contribution >= 0.6 is 0 Å². The second-order valence-corrected chi connectivity index (χ2v) is 6.06. The average Bonchev–Trinajstić information content (AvgIpc) is 2.62. The van der Waals surface area contributed by atoms with Crippen molar-refractivity contribution in [1.82, 2.24) is 0 Å². The highest BCUT2D eigenvalue weighted by Crippen LogP contribution is 2.39. The van der Waals surface area contributed by atoms with Gasteiger partial charge in [-0.1, -0.05) is 51.7 Å². The first-order chi connectivity index (χ1) is 11.8. The summed E-state index contributed by atoms with van der Waals surface area (Å²) in [7, 11) is 1.69. The molecule has 0 aliphatic carbocycles. The first-order valence-electron chi connectivity index (χ1n) is 9.17. The van der Waals surface area contributed by atoms with Gasteiger partial charge in [0.05, 0.1) is 20.3 Å². The van der Waals surface area contributed by atoms with Crippen LogP contribution in [0.15, 0.2) is 30.3 Å². The summed E-state index contributed by atoms with van der Waals surface area (Å²) in [4.78, 5) is 0. The van der Waals surface area contributed by atoms with Crippen LogP contribution in [0.25, 0.3) is 10.8 Å². The molecule has 0 aromatic heterocycles. The van der Waals surface area contributed by atoms with Crippen molar-refractivity contribution in [2.75, 3.05) is 20.3 Å². The fourth-order valence-electron chi connectivity index (χ4n) is 2.78. The molecule has 0 saturated carbocycles. The molecule has 0 N–H and O–H groups in total. The lowest BCUT2D eigenvalue weighted by molar-refractivity contribution is 0.289. The van der Waals surface area contributed by atoms with E-state index in [1.54, 1.807) is 7.11 Å². The Kier molecular flexibility index (Phi) is 7.73. The van der Waals surface area contributed by atoms with E-state index in [9.17, 15) is 0 Å². The van der Waals surface area contributed by atoms with E-state index in [1.807, 2.05) is 18.2 Å². The number of fused-ring (bicyclic) bond motifs is 1. The maximum absolute atomic E-state index is 6.06. The van der Waals surface area contributed by atoms with Crippen LogP contribution in [0.4, 0.5) is 0 Å². The quantitative estimate of drug-likeness (QED) is 0.474. The molecule has 0 aliphatic rings. The number of ether oxygens (including phenoxy) is 3. The Morgan fingerprint density at radius 1 is 0.708 bits per heavy atom. The monoisotopic (exact) mass is 330 g/mol. The molecular weight excluding hydrogens is 300 g/mol. The number of unbranched alkanes of at least 4 members (excludes halogenated alkanes) is 4. The summed E-state index contributed by atoms with van der Waals surface area (Å²) >= 11 is 0. The first kappa shape index (κ1) is 18.4. The van der Waals surface area contributed by atoms with Crippen LogP contribution in [0.3, 0.4) is 0 Å². The van der Waals surface area contributed by atoms with Crippen molar-refractivity contribution >= 4 is 10.8 Å². The van der Waals surface area contributed by atoms with Gasteiger partial charge in [0.15, 0.2) is 11.5 Å². The molecule has 2 aromatic carbocycles. The minimum atomic E-state index is 0.713. The highest BCUT2D eigenvalue weighted by molar-refractivity contribution is 5.95. The zero-order valence-corrected chi connectivity index (χ0v) is 15.3. The smallest absolute Gasteiger partial charge is 0.169 e. The first-order valence-corrected chi connectivity index (χ1v) is 9.17. The van der Waals surface area contributed by atoms with Crippen molar-refractivity contribution in [2.45, 2.75) is 52.4 Å². The van der Waals surface area contributed by atoms with Crippen LogP contribution in [-0.2, 0) is 0 Å². The maximum atomic E-state index is 6.06. The van der Waals surface area contributed by atoms with E-state index in [-0.39, 0.29) is 0 Å². The largest absolute Gasteiger partial charge is 0.493 e. The van der Waals surface area contributed by atoms with Gasteiger partial charge in [0.1, 0.15) is 5.75 Å². The third-order valence-corrected chi connectivity index (χ3v) is 4.16. The second kappa shape index (κ2) is 10.1. The molecule has 3 heteroatoms. The van der Waals surface area contributed by atoms with Crippen molar-refractivity contribution in [3.63, 3.8) is 0 Å². The zero-order chi connectivity index (χ0) is 17.2. The summed E-state index contributed by atoms with van der Waals surface area (Å²) < 4.78 is 17.6. The third-order valence-electron chi connectivity index (χ3n) is 4.16. The number of hydrogen-bond acceptors (Lipinski definition) is 3. The van der Waals surface area contributed by atoms with Crippen molar-refractivity contribution in [1.29, 1.82) is 0 Å². The molecule has 0 aliphatic heterocycles. The van der Waals surface area contributed by atoms with Gasteiger partial charge in [-0.25, -0.2) is 0 Å². The summed E-state index contributed by atoms with van der Waals surface area (Å²) in [5.74, 6) is 2.52. The maximum Gasteiger partial charge on any atom is 0.169 e. The van der Waals surface area contributed by atoms with Gasteiger partial charge in [-0.05, 0) is 31.0 Å². The number of methoxy groups -OCH3 is 1. The molecule has 24 heavy (non-hydrogen) atoms. The molecule has 0 spiro atoms. The number of rotatable bonds is 11. The molecule has 0 bridgehead atoms. The van der Waals surface area contributed by atoms with Gasteiger partial charge in [-0.3, -0.25) is 0 Å². The molecule has 132 valence electrons. The van der Waals surface area contributed by atoms with Gasteiger partial charge >= 0.3 is 0 Å². The topological polar surface area (TPSA) is 27.7 Å². The zero-order valence-electron chi connectivity index (χ0n) is 15.3. The van der Waals surface area contributed by atoms with Crippen LogP contribution in [0, 0.1) is 0 Å². The fraction of sp³-hybridized carbons (Fsp3) is 0.524. The Bertz CT molecular complexity index is 622. The molecule has 0 atom stereocenters. The predicted molar refractivity (Wildman–Crippen MR) is 101 cm³/mol. The Hall–Kier alpha value is -1.90. The van der Waals surface area contributed by atoms with Crippen LogP contribution in [0.5, 0.6) is 17.2 Å². The minimum Gasteiger partial charge on any atom is -0.493 e. The number of hydrogen-bond donors (Lipinski definition) is 0. The summed E-state index contributed by atoms with van der Waals surface area (Å²) in [6, 6.07) is 10.2. The van der Waals surface area contributed by atoms with Gasteiger partial charge in [-0.15, -0.1) is 0 Å². The predicted octanol–water partition coefficient (Wildman–Crippen LogP) is 5.99. The van der Waals surface area contributed by atoms with E-state index >= 15 is 0 Å². The molecule has 0 saturated heterocycles. The Morgan fingerprint density at radius 2 is 1.42 bits per heavy atom. The van der Waals surface area contributed by atoms with Crippen LogP contribution in [-0.4, -0.2) is 20.3 Å². The van der Waals surface area contributed by atoms with Gasteiger partial charge < -0.3 is 14.2 Å². The van der Waals surface area contributed by atoms with E-state index in [2.05, 4.69) is 26.0 Å². The second-order valence-electron chi connectivity index (χ2n) is 6.06. The lowest BCUT2D eigenvalue weighted by Crippen LogP contribution is -2.01. The molecular formula is C21H30O3. The highest BCUT2D eigenvalue weighted by Gasteiger charge is 2.12. The van der Waals surface area contributed by atoms with Crippen molar-refractivity contribution in [3.05, 3.63) is 30.3 Å². The Labute approximate surface area is 145 Å². The third kappa shape index (κ3) is 4.80. The van der Waals surface area contributed by atoms with E-state index in [0.29, 0.717) is 6.61 Å². The van der Waals surface area contributed by atoms with Crippen LogP contribution in [0.1, 0.15) is 52.4 Å². The molecule has 0 radical (unpaired) electrons. The SMILES string of the molecule is CCCCCOc1cccc2c(OCCCCC)c(OC)ccc12. The van der Waals surface area contributed by atoms with Gasteiger partial charge in [-0.2, -0.15) is 0 Å². The van der Waals surface area contributed by atoms with E-state index in [4.69, 9.17) is 14.2 Å². The molecule has 2 rings (SSSR count). The highest BCUT2D eigenvalue weighted by atomic mass is 16.5. The van der Waals surface area contributed by atoms with Gasteiger partial charge in [0.2, 0.25) is 0 Å². The Balaban J connectivity index is 2.22. The van der Waals surface area contributed by atoms with E-state index < -0.39 is 0 Å². The molecule has 0 fully saturated rings. The van der Waals surface area contributed by atoms with Gasteiger partial charge in [0, 0.05) is 10.8 Å². The van der Waals surface area contributed by atoms with E-state index in [0.717, 1.165) is 47.5 Å². The Morgan fingerprint density at radius 3 is 2.08 bits per heavy atom. The normalized spacial score (nSPS) is 10.8. The summed E-state index contributed by atoms with van der Waals surface area (Å²) in [5, 5.41) is 2.14. The molecule has 0 unspecified atom stereocenters.